The van der Waals surface area contributed by atoms with Crippen molar-refractivity contribution >= 4 is 0 Å². The Morgan fingerprint density at radius 2 is 0.638 bits per heavy atom. The number of hydrogen-bond acceptors (Lipinski definition) is 11. The van der Waals surface area contributed by atoms with Crippen LogP contribution in [0.4, 0.5) is 0 Å². The zero-order chi connectivity index (χ0) is 34.3. The van der Waals surface area contributed by atoms with Gasteiger partial charge in [0, 0.05) is 0 Å². The highest BCUT2D eigenvalue weighted by atomic mass is 16.8. The Balaban J connectivity index is 2.57. The van der Waals surface area contributed by atoms with Gasteiger partial charge in [-0.3, -0.25) is 0 Å². The Hall–Kier alpha value is -2.52. The quantitative estimate of drug-likeness (QED) is 0.0887. The van der Waals surface area contributed by atoms with Crippen LogP contribution in [0.2, 0.25) is 0 Å². The Morgan fingerprint density at radius 1 is 0.362 bits per heavy atom. The van der Waals surface area contributed by atoms with Crippen LogP contribution >= 0.6 is 0 Å². The Bertz CT molecular complexity index is 881. The molecule has 2 rings (SSSR count). The van der Waals surface area contributed by atoms with Gasteiger partial charge >= 0.3 is 0 Å². The summed E-state index contributed by atoms with van der Waals surface area (Å²) in [6.45, 7) is 32.5. The molecule has 0 aromatic rings. The topological polar surface area (TPSA) is 102 Å². The summed E-state index contributed by atoms with van der Waals surface area (Å²) >= 11 is 0. The van der Waals surface area contributed by atoms with Gasteiger partial charge in [0.15, 0.2) is 12.6 Å². The van der Waals surface area contributed by atoms with Crippen molar-refractivity contribution in [3.05, 3.63) is 101 Å². The fraction of sp³-hybridized carbons (Fsp3) is 0.556. The molecule has 0 amide bonds. The van der Waals surface area contributed by atoms with Gasteiger partial charge in [-0.05, 0) is 0 Å². The van der Waals surface area contributed by atoms with Crippen LogP contribution in [-0.4, -0.2) is 127 Å². The first-order chi connectivity index (χ1) is 23.0. The predicted octanol–water partition coefficient (Wildman–Crippen LogP) is 4.29. The standard InChI is InChI=1S/C36H54O11/c1-9-17-37-25-27-29(39-19-11-3)31(41-21-13-5)33(43-23-15-7)35(45-27)47-36-34(44-24-16-8)32(42-22-14-6)30(40-20-12-4)28(46-36)26-38-18-10-2/h9-16,27-36H,1-8,17-26H2/t27-,28-,29-,30-,31+,32+,33-,34-,35-,36-/m1/s1. The van der Waals surface area contributed by atoms with Gasteiger partial charge in [-0.1, -0.05) is 48.6 Å². The van der Waals surface area contributed by atoms with Crippen LogP contribution in [0.25, 0.3) is 0 Å². The van der Waals surface area contributed by atoms with Crippen molar-refractivity contribution in [2.24, 2.45) is 0 Å². The monoisotopic (exact) mass is 662 g/mol. The molecule has 0 bridgehead atoms. The predicted molar refractivity (Wildman–Crippen MR) is 180 cm³/mol. The summed E-state index contributed by atoms with van der Waals surface area (Å²) in [7, 11) is 0. The Morgan fingerprint density at radius 3 is 0.936 bits per heavy atom. The Labute approximate surface area is 280 Å². The lowest BCUT2D eigenvalue weighted by atomic mass is 9.96. The summed E-state index contributed by atoms with van der Waals surface area (Å²) in [4.78, 5) is 0. The maximum Gasteiger partial charge on any atom is 0.190 e. The van der Waals surface area contributed by atoms with E-state index in [2.05, 4.69) is 52.6 Å². The average molecular weight is 663 g/mol. The molecule has 2 fully saturated rings. The van der Waals surface area contributed by atoms with Crippen LogP contribution in [0.1, 0.15) is 0 Å². The zero-order valence-electron chi connectivity index (χ0n) is 27.6. The first-order valence-corrected chi connectivity index (χ1v) is 15.7. The fourth-order valence-corrected chi connectivity index (χ4v) is 5.12. The molecule has 0 N–H and O–H groups in total. The van der Waals surface area contributed by atoms with Crippen molar-refractivity contribution in [3.8, 4) is 0 Å². The molecule has 0 saturated carbocycles. The van der Waals surface area contributed by atoms with E-state index in [1.54, 1.807) is 48.6 Å². The Kier molecular flexibility index (Phi) is 21.3. The second kappa shape index (κ2) is 24.6. The molecule has 0 radical (unpaired) electrons. The smallest absolute Gasteiger partial charge is 0.190 e. The molecule has 264 valence electrons. The molecule has 0 unspecified atom stereocenters. The maximum absolute atomic E-state index is 6.67. The summed E-state index contributed by atoms with van der Waals surface area (Å²) in [6, 6.07) is 0. The largest absolute Gasteiger partial charge is 0.375 e. The summed E-state index contributed by atoms with van der Waals surface area (Å²) in [6.07, 6.45) is 5.56. The molecule has 0 spiro atoms. The summed E-state index contributed by atoms with van der Waals surface area (Å²) in [5.74, 6) is 0. The van der Waals surface area contributed by atoms with Crippen LogP contribution in [-0.2, 0) is 52.1 Å². The lowest BCUT2D eigenvalue weighted by molar-refractivity contribution is -0.388. The van der Waals surface area contributed by atoms with E-state index in [4.69, 9.17) is 52.1 Å². The number of hydrogen-bond donors (Lipinski definition) is 0. The van der Waals surface area contributed by atoms with E-state index >= 15 is 0 Å². The summed E-state index contributed by atoms with van der Waals surface area (Å²) in [5, 5.41) is 0. The van der Waals surface area contributed by atoms with Crippen LogP contribution in [0.5, 0.6) is 0 Å². The molecular weight excluding hydrogens is 608 g/mol. The minimum Gasteiger partial charge on any atom is -0.375 e. The van der Waals surface area contributed by atoms with Crippen molar-refractivity contribution in [1.82, 2.24) is 0 Å². The van der Waals surface area contributed by atoms with Crippen LogP contribution in [0, 0.1) is 0 Å². The second-order valence-corrected chi connectivity index (χ2v) is 10.4. The third-order valence-electron chi connectivity index (χ3n) is 6.93. The minimum absolute atomic E-state index is 0.151. The molecule has 2 aliphatic heterocycles. The fourth-order valence-electron chi connectivity index (χ4n) is 5.12. The van der Waals surface area contributed by atoms with Crippen molar-refractivity contribution < 1.29 is 52.1 Å². The lowest BCUT2D eigenvalue weighted by Gasteiger charge is -2.49. The van der Waals surface area contributed by atoms with Gasteiger partial charge in [0.25, 0.3) is 0 Å². The first-order valence-electron chi connectivity index (χ1n) is 15.7. The zero-order valence-corrected chi connectivity index (χ0v) is 27.6. The molecule has 47 heavy (non-hydrogen) atoms. The third-order valence-corrected chi connectivity index (χ3v) is 6.93. The van der Waals surface area contributed by atoms with Gasteiger partial charge in [0.1, 0.15) is 48.8 Å². The summed E-state index contributed by atoms with van der Waals surface area (Å²) in [5.41, 5.74) is 0. The first kappa shape index (κ1) is 40.7. The second-order valence-electron chi connectivity index (χ2n) is 10.4. The van der Waals surface area contributed by atoms with Crippen molar-refractivity contribution in [1.29, 1.82) is 0 Å². The van der Waals surface area contributed by atoms with Crippen molar-refractivity contribution in [3.63, 3.8) is 0 Å². The summed E-state index contributed by atoms with van der Waals surface area (Å²) < 4.78 is 68.8. The molecule has 0 aromatic heterocycles. The van der Waals surface area contributed by atoms with Gasteiger partial charge in [0.2, 0.25) is 0 Å². The van der Waals surface area contributed by atoms with E-state index in [9.17, 15) is 0 Å². The maximum atomic E-state index is 6.67. The van der Waals surface area contributed by atoms with E-state index in [-0.39, 0.29) is 52.9 Å². The molecule has 0 aromatic carbocycles. The van der Waals surface area contributed by atoms with E-state index in [0.717, 1.165) is 0 Å². The van der Waals surface area contributed by atoms with Crippen molar-refractivity contribution in [2.45, 2.75) is 61.4 Å². The highest BCUT2D eigenvalue weighted by Crippen LogP contribution is 2.35. The molecule has 0 aliphatic carbocycles. The average Bonchev–Trinajstić information content (AvgIpc) is 3.08. The number of ether oxygens (including phenoxy) is 11. The molecule has 2 heterocycles. The van der Waals surface area contributed by atoms with Crippen LogP contribution in [0.15, 0.2) is 101 Å². The van der Waals surface area contributed by atoms with Gasteiger partial charge < -0.3 is 52.1 Å². The normalized spacial score (nSPS) is 30.6. The van der Waals surface area contributed by atoms with Gasteiger partial charge in [0.05, 0.1) is 66.1 Å². The van der Waals surface area contributed by atoms with Gasteiger partial charge in [-0.2, -0.15) is 0 Å². The molecule has 10 atom stereocenters. The van der Waals surface area contributed by atoms with Crippen LogP contribution in [0.3, 0.4) is 0 Å². The molecular formula is C36H54O11. The SMILES string of the molecule is C=CCOC[C@H]1O[C@H](O[C@H]2O[C@H](COCC=C)[C@@H](OCC=C)[C@H](OCC=C)[C@H]2OCC=C)[C@H](OCC=C)[C@@H](OCC=C)[C@@H]1OCC=C. The lowest BCUT2D eigenvalue weighted by Crippen LogP contribution is -2.66. The molecule has 11 heteroatoms. The molecule has 11 nitrogen and oxygen atoms in total. The van der Waals surface area contributed by atoms with E-state index in [0.29, 0.717) is 13.2 Å². The van der Waals surface area contributed by atoms with Crippen LogP contribution < -0.4 is 0 Å². The molecule has 2 saturated heterocycles. The van der Waals surface area contributed by atoms with E-state index < -0.39 is 61.4 Å². The van der Waals surface area contributed by atoms with Gasteiger partial charge in [-0.15, -0.1) is 52.6 Å². The van der Waals surface area contributed by atoms with E-state index in [1.807, 2.05) is 0 Å². The van der Waals surface area contributed by atoms with Crippen molar-refractivity contribution in [2.75, 3.05) is 66.1 Å². The van der Waals surface area contributed by atoms with Gasteiger partial charge in [-0.25, -0.2) is 0 Å². The number of rotatable bonds is 28. The third kappa shape index (κ3) is 13.1. The minimum atomic E-state index is -1.05. The van der Waals surface area contributed by atoms with E-state index in [1.165, 1.54) is 0 Å². The highest BCUT2D eigenvalue weighted by Gasteiger charge is 2.54. The highest BCUT2D eigenvalue weighted by molar-refractivity contribution is 4.98. The molecule has 2 aliphatic rings.